The summed E-state index contributed by atoms with van der Waals surface area (Å²) in [6, 6.07) is 14.0. The van der Waals surface area contributed by atoms with E-state index in [1.807, 2.05) is 12.1 Å². The smallest absolute Gasteiger partial charge is 0.337 e. The fourth-order valence-electron chi connectivity index (χ4n) is 2.85. The summed E-state index contributed by atoms with van der Waals surface area (Å²) in [6.07, 6.45) is -0.174. The summed E-state index contributed by atoms with van der Waals surface area (Å²) in [7, 11) is 1.36. The Morgan fingerprint density at radius 3 is 2.42 bits per heavy atom. The van der Waals surface area contributed by atoms with Gasteiger partial charge in [0.05, 0.1) is 25.4 Å². The van der Waals surface area contributed by atoms with Crippen LogP contribution in [-0.4, -0.2) is 44.8 Å². The normalized spacial score (nSPS) is 16.8. The molecule has 1 fully saturated rings. The third-order valence-corrected chi connectivity index (χ3v) is 4.49. The minimum absolute atomic E-state index is 0.151. The highest BCUT2D eigenvalue weighted by molar-refractivity contribution is 6.30. The molecule has 2 aromatic rings. The number of esters is 1. The third kappa shape index (κ3) is 4.33. The Hall–Kier alpha value is -2.57. The highest BCUT2D eigenvalue weighted by Gasteiger charge is 2.21. The Morgan fingerprint density at radius 2 is 1.77 bits per heavy atom. The summed E-state index contributed by atoms with van der Waals surface area (Å²) < 4.78 is 4.71. The van der Waals surface area contributed by atoms with Gasteiger partial charge in [-0.05, 0) is 48.5 Å². The van der Waals surface area contributed by atoms with Crippen molar-refractivity contribution in [1.29, 1.82) is 0 Å². The number of carbonyl (C=O) groups is 2. The van der Waals surface area contributed by atoms with Gasteiger partial charge in [0.1, 0.15) is 0 Å². The standard InChI is InChI=1S/C19H20ClN3O3/c1-26-19(25)14-4-8-16(9-5-14)23-11-10-21-17(12-23)22-18(24)13-2-6-15(20)7-3-13/h2-9,17,21H,10-12H2,1H3,(H,22,24). The quantitative estimate of drug-likeness (QED) is 0.805. The number of piperazine rings is 1. The van der Waals surface area contributed by atoms with Gasteiger partial charge in [0.25, 0.3) is 5.91 Å². The van der Waals surface area contributed by atoms with Gasteiger partial charge in [-0.2, -0.15) is 0 Å². The molecule has 1 saturated heterocycles. The number of anilines is 1. The molecule has 0 radical (unpaired) electrons. The van der Waals surface area contributed by atoms with E-state index in [0.29, 0.717) is 22.7 Å². The molecule has 1 atom stereocenters. The van der Waals surface area contributed by atoms with Crippen LogP contribution >= 0.6 is 11.6 Å². The Bertz CT molecular complexity index is 778. The van der Waals surface area contributed by atoms with Gasteiger partial charge < -0.3 is 15.0 Å². The number of halogens is 1. The number of nitrogens with zero attached hydrogens (tertiary/aromatic N) is 1. The Labute approximate surface area is 157 Å². The van der Waals surface area contributed by atoms with Crippen molar-refractivity contribution in [1.82, 2.24) is 10.6 Å². The van der Waals surface area contributed by atoms with E-state index in [2.05, 4.69) is 15.5 Å². The highest BCUT2D eigenvalue weighted by Crippen LogP contribution is 2.17. The van der Waals surface area contributed by atoms with Crippen molar-refractivity contribution in [2.45, 2.75) is 6.17 Å². The van der Waals surface area contributed by atoms with Crippen LogP contribution in [0.3, 0.4) is 0 Å². The minimum atomic E-state index is -0.357. The zero-order valence-corrected chi connectivity index (χ0v) is 15.1. The maximum atomic E-state index is 12.4. The largest absolute Gasteiger partial charge is 0.465 e. The van der Waals surface area contributed by atoms with Crippen LogP contribution in [0.2, 0.25) is 5.02 Å². The van der Waals surface area contributed by atoms with Crippen LogP contribution in [0.25, 0.3) is 0 Å². The maximum absolute atomic E-state index is 12.4. The topological polar surface area (TPSA) is 70.7 Å². The number of amides is 1. The second kappa shape index (κ2) is 8.21. The van der Waals surface area contributed by atoms with E-state index in [9.17, 15) is 9.59 Å². The molecule has 2 N–H and O–H groups in total. The number of benzene rings is 2. The molecule has 6 nitrogen and oxygen atoms in total. The maximum Gasteiger partial charge on any atom is 0.337 e. The molecule has 0 saturated carbocycles. The van der Waals surface area contributed by atoms with Crippen molar-refractivity contribution in [2.24, 2.45) is 0 Å². The molecule has 1 heterocycles. The number of hydrogen-bond acceptors (Lipinski definition) is 5. The van der Waals surface area contributed by atoms with Gasteiger partial charge in [0, 0.05) is 29.4 Å². The van der Waals surface area contributed by atoms with Crippen LogP contribution in [0.15, 0.2) is 48.5 Å². The molecule has 136 valence electrons. The van der Waals surface area contributed by atoms with Crippen molar-refractivity contribution in [2.75, 3.05) is 31.6 Å². The van der Waals surface area contributed by atoms with E-state index in [1.54, 1.807) is 36.4 Å². The van der Waals surface area contributed by atoms with Gasteiger partial charge in [0.15, 0.2) is 0 Å². The molecule has 0 aliphatic carbocycles. The molecular formula is C19H20ClN3O3. The summed E-state index contributed by atoms with van der Waals surface area (Å²) in [5.74, 6) is -0.507. The second-order valence-electron chi connectivity index (χ2n) is 5.97. The summed E-state index contributed by atoms with van der Waals surface area (Å²) >= 11 is 5.86. The second-order valence-corrected chi connectivity index (χ2v) is 6.41. The summed E-state index contributed by atoms with van der Waals surface area (Å²) in [5, 5.41) is 6.88. The van der Waals surface area contributed by atoms with E-state index < -0.39 is 0 Å². The van der Waals surface area contributed by atoms with Crippen molar-refractivity contribution in [3.8, 4) is 0 Å². The predicted octanol–water partition coefficient (Wildman–Crippen LogP) is 2.29. The molecule has 7 heteroatoms. The van der Waals surface area contributed by atoms with Gasteiger partial charge in [0.2, 0.25) is 0 Å². The lowest BCUT2D eigenvalue weighted by Gasteiger charge is -2.35. The number of carbonyl (C=O) groups excluding carboxylic acids is 2. The first-order chi connectivity index (χ1) is 12.6. The van der Waals surface area contributed by atoms with E-state index >= 15 is 0 Å². The van der Waals surface area contributed by atoms with Crippen molar-refractivity contribution in [3.05, 3.63) is 64.7 Å². The molecule has 1 amide bonds. The Morgan fingerprint density at radius 1 is 1.12 bits per heavy atom. The van der Waals surface area contributed by atoms with E-state index in [4.69, 9.17) is 16.3 Å². The van der Waals surface area contributed by atoms with Gasteiger partial charge >= 0.3 is 5.97 Å². The zero-order chi connectivity index (χ0) is 18.5. The Balaban J connectivity index is 1.62. The average Bonchev–Trinajstić information content (AvgIpc) is 2.68. The Kier molecular flexibility index (Phi) is 5.75. The van der Waals surface area contributed by atoms with Crippen LogP contribution in [0, 0.1) is 0 Å². The molecule has 1 aliphatic rings. The number of rotatable bonds is 4. The number of hydrogen-bond donors (Lipinski definition) is 2. The van der Waals surface area contributed by atoms with E-state index in [1.165, 1.54) is 7.11 Å². The first kappa shape index (κ1) is 18.2. The number of methoxy groups -OCH3 is 1. The molecule has 1 unspecified atom stereocenters. The van der Waals surface area contributed by atoms with Gasteiger partial charge in [-0.1, -0.05) is 11.6 Å². The lowest BCUT2D eigenvalue weighted by Crippen LogP contribution is -2.58. The molecule has 0 aromatic heterocycles. The van der Waals surface area contributed by atoms with Crippen molar-refractivity contribution in [3.63, 3.8) is 0 Å². The summed E-state index contributed by atoms with van der Waals surface area (Å²) in [4.78, 5) is 26.0. The lowest BCUT2D eigenvalue weighted by molar-refractivity contribution is 0.0600. The fraction of sp³-hybridized carbons (Fsp3) is 0.263. The van der Waals surface area contributed by atoms with Crippen LogP contribution in [0.1, 0.15) is 20.7 Å². The minimum Gasteiger partial charge on any atom is -0.465 e. The summed E-state index contributed by atoms with van der Waals surface area (Å²) in [6.45, 7) is 2.17. The highest BCUT2D eigenvalue weighted by atomic mass is 35.5. The van der Waals surface area contributed by atoms with Crippen LogP contribution in [-0.2, 0) is 4.74 Å². The molecule has 2 aromatic carbocycles. The van der Waals surface area contributed by atoms with Gasteiger partial charge in [-0.3, -0.25) is 10.1 Å². The average molecular weight is 374 g/mol. The van der Waals surface area contributed by atoms with Crippen LogP contribution < -0.4 is 15.5 Å². The lowest BCUT2D eigenvalue weighted by atomic mass is 10.1. The van der Waals surface area contributed by atoms with E-state index in [-0.39, 0.29) is 18.0 Å². The molecular weight excluding hydrogens is 354 g/mol. The van der Waals surface area contributed by atoms with Gasteiger partial charge in [-0.15, -0.1) is 0 Å². The van der Waals surface area contributed by atoms with Crippen LogP contribution in [0.4, 0.5) is 5.69 Å². The monoisotopic (exact) mass is 373 g/mol. The SMILES string of the molecule is COC(=O)c1ccc(N2CCNC(NC(=O)c3ccc(Cl)cc3)C2)cc1. The van der Waals surface area contributed by atoms with Gasteiger partial charge in [-0.25, -0.2) is 4.79 Å². The van der Waals surface area contributed by atoms with Crippen LogP contribution in [0.5, 0.6) is 0 Å². The van der Waals surface area contributed by atoms with E-state index in [0.717, 1.165) is 18.8 Å². The first-order valence-electron chi connectivity index (χ1n) is 8.30. The first-order valence-corrected chi connectivity index (χ1v) is 8.68. The predicted molar refractivity (Wildman–Crippen MR) is 101 cm³/mol. The molecule has 0 spiro atoms. The molecule has 26 heavy (non-hydrogen) atoms. The van der Waals surface area contributed by atoms with Crippen molar-refractivity contribution < 1.29 is 14.3 Å². The number of nitrogens with one attached hydrogen (secondary N) is 2. The number of ether oxygens (including phenoxy) is 1. The van der Waals surface area contributed by atoms with Crippen molar-refractivity contribution >= 4 is 29.2 Å². The fourth-order valence-corrected chi connectivity index (χ4v) is 2.98. The third-order valence-electron chi connectivity index (χ3n) is 4.24. The molecule has 1 aliphatic heterocycles. The summed E-state index contributed by atoms with van der Waals surface area (Å²) in [5.41, 5.74) is 2.07. The molecule has 0 bridgehead atoms. The zero-order valence-electron chi connectivity index (χ0n) is 14.4. The molecule has 3 rings (SSSR count).